The van der Waals surface area contributed by atoms with Crippen molar-refractivity contribution in [2.45, 2.75) is 44.9 Å². The van der Waals surface area contributed by atoms with Crippen LogP contribution in [0.25, 0.3) is 11.4 Å². The molecule has 1 amide bonds. The van der Waals surface area contributed by atoms with Crippen molar-refractivity contribution in [3.05, 3.63) is 77.6 Å². The number of thioether (sulfide) groups is 1. The molecule has 0 saturated heterocycles. The summed E-state index contributed by atoms with van der Waals surface area (Å²) in [7, 11) is 0. The maximum absolute atomic E-state index is 13.3. The highest BCUT2D eigenvalue weighted by Gasteiger charge is 2.35. The summed E-state index contributed by atoms with van der Waals surface area (Å²) in [5.41, 5.74) is 3.96. The quantitative estimate of drug-likeness (QED) is 0.340. The minimum Gasteiger partial charge on any atom is -0.469 e. The van der Waals surface area contributed by atoms with Crippen molar-refractivity contribution in [2.24, 2.45) is 5.10 Å². The second-order valence-electron chi connectivity index (χ2n) is 8.12. The fourth-order valence-electron chi connectivity index (χ4n) is 4.05. The molecule has 0 unspecified atom stereocenters. The molecule has 0 spiro atoms. The highest BCUT2D eigenvalue weighted by molar-refractivity contribution is 7.99. The number of rotatable bonds is 7. The van der Waals surface area contributed by atoms with Gasteiger partial charge in [-0.05, 0) is 44.5 Å². The molecule has 0 fully saturated rings. The van der Waals surface area contributed by atoms with Gasteiger partial charge in [0.2, 0.25) is 0 Å². The summed E-state index contributed by atoms with van der Waals surface area (Å²) in [6, 6.07) is 13.5. The maximum atomic E-state index is 13.3. The number of benzene rings is 1. The molecule has 174 valence electrons. The molecule has 0 N–H and O–H groups in total. The Morgan fingerprint density at radius 3 is 2.59 bits per heavy atom. The molecule has 4 heterocycles. The zero-order valence-electron chi connectivity index (χ0n) is 19.3. The Balaban J connectivity index is 1.37. The highest BCUT2D eigenvalue weighted by Crippen LogP contribution is 2.34. The number of furan rings is 2. The fraction of sp³-hybridized carbons (Fsp3) is 0.280. The number of aromatic nitrogens is 3. The molecular formula is C25H25N5O3S. The molecular weight excluding hydrogens is 450 g/mol. The molecule has 34 heavy (non-hydrogen) atoms. The van der Waals surface area contributed by atoms with E-state index in [4.69, 9.17) is 13.9 Å². The summed E-state index contributed by atoms with van der Waals surface area (Å²) in [6.45, 7) is 6.65. The van der Waals surface area contributed by atoms with E-state index in [1.807, 2.05) is 55.7 Å². The van der Waals surface area contributed by atoms with Crippen LogP contribution in [-0.4, -0.2) is 37.1 Å². The van der Waals surface area contributed by atoms with Crippen molar-refractivity contribution < 1.29 is 13.6 Å². The number of hydrazone groups is 1. The molecule has 0 bridgehead atoms. The second kappa shape index (κ2) is 9.34. The third-order valence-electron chi connectivity index (χ3n) is 5.88. The van der Waals surface area contributed by atoms with Crippen molar-refractivity contribution in [1.82, 2.24) is 19.8 Å². The first-order valence-electron chi connectivity index (χ1n) is 11.2. The summed E-state index contributed by atoms with van der Waals surface area (Å²) in [4.78, 5) is 13.3. The lowest BCUT2D eigenvalue weighted by Gasteiger charge is -2.19. The third-order valence-corrected chi connectivity index (χ3v) is 6.83. The van der Waals surface area contributed by atoms with E-state index in [0.29, 0.717) is 18.1 Å². The molecule has 4 aromatic rings. The SMILES string of the molecule is CCn1c(SCC(=O)N2N=C(c3ccc(C)cc3)C[C@@H]2c2ccco2)nnc1-c1ccoc1C. The van der Waals surface area contributed by atoms with Crippen molar-refractivity contribution in [3.63, 3.8) is 0 Å². The number of hydrogen-bond acceptors (Lipinski definition) is 7. The number of carbonyl (C=O) groups excluding carboxylic acids is 1. The maximum Gasteiger partial charge on any atom is 0.253 e. The molecule has 0 radical (unpaired) electrons. The second-order valence-corrected chi connectivity index (χ2v) is 9.06. The van der Waals surface area contributed by atoms with Crippen LogP contribution in [0.5, 0.6) is 0 Å². The predicted octanol–water partition coefficient (Wildman–Crippen LogP) is 5.24. The van der Waals surface area contributed by atoms with E-state index in [2.05, 4.69) is 22.3 Å². The number of amides is 1. The molecule has 1 aliphatic rings. The monoisotopic (exact) mass is 475 g/mol. The Morgan fingerprint density at radius 2 is 1.91 bits per heavy atom. The predicted molar refractivity (Wildman–Crippen MR) is 129 cm³/mol. The largest absolute Gasteiger partial charge is 0.469 e. The topological polar surface area (TPSA) is 89.7 Å². The normalized spacial score (nSPS) is 15.7. The van der Waals surface area contributed by atoms with Gasteiger partial charge in [-0.25, -0.2) is 5.01 Å². The minimum atomic E-state index is -0.271. The van der Waals surface area contributed by atoms with Crippen molar-refractivity contribution in [1.29, 1.82) is 0 Å². The molecule has 0 aliphatic carbocycles. The van der Waals surface area contributed by atoms with E-state index in [1.165, 1.54) is 17.3 Å². The van der Waals surface area contributed by atoms with E-state index >= 15 is 0 Å². The van der Waals surface area contributed by atoms with Gasteiger partial charge in [-0.15, -0.1) is 10.2 Å². The Labute approximate surface area is 201 Å². The average molecular weight is 476 g/mol. The van der Waals surface area contributed by atoms with Gasteiger partial charge in [0.05, 0.1) is 29.6 Å². The van der Waals surface area contributed by atoms with E-state index in [9.17, 15) is 4.79 Å². The van der Waals surface area contributed by atoms with Crippen LogP contribution in [0.4, 0.5) is 0 Å². The van der Waals surface area contributed by atoms with Gasteiger partial charge in [0.1, 0.15) is 17.6 Å². The van der Waals surface area contributed by atoms with Gasteiger partial charge >= 0.3 is 0 Å². The first-order chi connectivity index (χ1) is 16.5. The van der Waals surface area contributed by atoms with E-state index in [-0.39, 0.29) is 17.7 Å². The van der Waals surface area contributed by atoms with Crippen LogP contribution >= 0.6 is 11.8 Å². The van der Waals surface area contributed by atoms with Crippen molar-refractivity contribution in [2.75, 3.05) is 5.75 Å². The van der Waals surface area contributed by atoms with Crippen LogP contribution in [0.15, 0.2) is 74.1 Å². The van der Waals surface area contributed by atoms with Crippen LogP contribution in [0.2, 0.25) is 0 Å². The zero-order chi connectivity index (χ0) is 23.7. The van der Waals surface area contributed by atoms with E-state index < -0.39 is 0 Å². The molecule has 3 aromatic heterocycles. The smallest absolute Gasteiger partial charge is 0.253 e. The van der Waals surface area contributed by atoms with Gasteiger partial charge in [-0.1, -0.05) is 41.6 Å². The van der Waals surface area contributed by atoms with Gasteiger partial charge in [0, 0.05) is 13.0 Å². The van der Waals surface area contributed by atoms with Crippen molar-refractivity contribution >= 4 is 23.4 Å². The summed E-state index contributed by atoms with van der Waals surface area (Å²) in [6.07, 6.45) is 3.86. The summed E-state index contributed by atoms with van der Waals surface area (Å²) in [5, 5.41) is 15.6. The van der Waals surface area contributed by atoms with Crippen LogP contribution < -0.4 is 0 Å². The van der Waals surface area contributed by atoms with Crippen LogP contribution in [0.3, 0.4) is 0 Å². The molecule has 1 aromatic carbocycles. The number of hydrogen-bond donors (Lipinski definition) is 0. The Kier molecular flexibility index (Phi) is 6.10. The average Bonchev–Trinajstić information content (AvgIpc) is 3.63. The summed E-state index contributed by atoms with van der Waals surface area (Å²) < 4.78 is 13.1. The molecule has 1 aliphatic heterocycles. The third kappa shape index (κ3) is 4.19. The van der Waals surface area contributed by atoms with Gasteiger partial charge in [-0.3, -0.25) is 4.79 Å². The minimum absolute atomic E-state index is 0.111. The Hall–Kier alpha value is -3.59. The van der Waals surface area contributed by atoms with Gasteiger partial charge < -0.3 is 13.4 Å². The van der Waals surface area contributed by atoms with E-state index in [1.54, 1.807) is 17.5 Å². The first-order valence-corrected chi connectivity index (χ1v) is 12.1. The molecule has 0 saturated carbocycles. The van der Waals surface area contributed by atoms with Gasteiger partial charge in [0.25, 0.3) is 5.91 Å². The Bertz CT molecular complexity index is 1320. The number of carbonyl (C=O) groups is 1. The lowest BCUT2D eigenvalue weighted by Crippen LogP contribution is -2.28. The lowest BCUT2D eigenvalue weighted by molar-refractivity contribution is -0.130. The van der Waals surface area contributed by atoms with Gasteiger partial charge in [0.15, 0.2) is 11.0 Å². The number of nitrogens with zero attached hydrogens (tertiary/aromatic N) is 5. The van der Waals surface area contributed by atoms with Crippen LogP contribution in [0.1, 0.15) is 42.0 Å². The molecule has 5 rings (SSSR count). The van der Waals surface area contributed by atoms with Crippen molar-refractivity contribution in [3.8, 4) is 11.4 Å². The van der Waals surface area contributed by atoms with Crippen LogP contribution in [0, 0.1) is 13.8 Å². The molecule has 8 nitrogen and oxygen atoms in total. The summed E-state index contributed by atoms with van der Waals surface area (Å²) in [5.74, 6) is 2.31. The first kappa shape index (κ1) is 22.2. The fourth-order valence-corrected chi connectivity index (χ4v) is 4.91. The number of aryl methyl sites for hydroxylation is 2. The van der Waals surface area contributed by atoms with Crippen LogP contribution in [-0.2, 0) is 11.3 Å². The zero-order valence-corrected chi connectivity index (χ0v) is 20.1. The molecule has 9 heteroatoms. The molecule has 1 atom stereocenters. The van der Waals surface area contributed by atoms with Gasteiger partial charge in [-0.2, -0.15) is 5.10 Å². The standard InChI is InChI=1S/C25H25N5O3S/c1-4-29-24(19-11-13-32-17(19)3)26-27-25(29)34-15-23(31)30-21(22-6-5-12-33-22)14-20(28-30)18-9-7-16(2)8-10-18/h5-13,21H,4,14-15H2,1-3H3/t21-/m1/s1. The van der Waals surface area contributed by atoms with E-state index in [0.717, 1.165) is 34.2 Å². The highest BCUT2D eigenvalue weighted by atomic mass is 32.2. The Morgan fingerprint density at radius 1 is 1.09 bits per heavy atom. The summed E-state index contributed by atoms with van der Waals surface area (Å²) >= 11 is 1.36. The lowest BCUT2D eigenvalue weighted by atomic mass is 10.0.